The minimum atomic E-state index is -3.29. The summed E-state index contributed by atoms with van der Waals surface area (Å²) in [7, 11) is -3.29. The minimum absolute atomic E-state index is 0.0856. The minimum Gasteiger partial charge on any atom is -0.293 e. The molecule has 3 nitrogen and oxygen atoms in total. The number of hydrogen-bond acceptors (Lipinski definition) is 3. The fourth-order valence-electron chi connectivity index (χ4n) is 1.65. The van der Waals surface area contributed by atoms with Gasteiger partial charge in [0.05, 0.1) is 5.75 Å². The average Bonchev–Trinajstić information content (AvgIpc) is 2.26. The molecule has 0 saturated heterocycles. The number of benzene rings is 1. The first-order valence-corrected chi connectivity index (χ1v) is 7.93. The highest BCUT2D eigenvalue weighted by Crippen LogP contribution is 2.11. The van der Waals surface area contributed by atoms with Crippen molar-refractivity contribution in [1.82, 2.24) is 0 Å². The number of aryl methyl sites for hydroxylation is 1. The lowest BCUT2D eigenvalue weighted by atomic mass is 10.1. The molecule has 0 heterocycles. The SMILES string of the molecule is Cc1ccccc1C(=O)CS(=O)(=O)CCC(C)C. The fourth-order valence-corrected chi connectivity index (χ4v) is 3.18. The summed E-state index contributed by atoms with van der Waals surface area (Å²) >= 11 is 0. The maximum atomic E-state index is 11.9. The van der Waals surface area contributed by atoms with Gasteiger partial charge in [-0.2, -0.15) is 0 Å². The molecule has 0 unspecified atom stereocenters. The van der Waals surface area contributed by atoms with E-state index in [4.69, 9.17) is 0 Å². The fraction of sp³-hybridized carbons (Fsp3) is 0.500. The molecule has 1 aromatic rings. The van der Waals surface area contributed by atoms with Gasteiger partial charge in [-0.3, -0.25) is 4.79 Å². The first-order valence-electron chi connectivity index (χ1n) is 6.11. The second kappa shape index (κ2) is 6.14. The number of sulfone groups is 1. The van der Waals surface area contributed by atoms with Crippen LogP contribution in [0.5, 0.6) is 0 Å². The highest BCUT2D eigenvalue weighted by molar-refractivity contribution is 7.92. The predicted molar refractivity (Wildman–Crippen MR) is 73.6 cm³/mol. The number of carbonyl (C=O) groups excluding carboxylic acids is 1. The Labute approximate surface area is 109 Å². The molecule has 0 aliphatic rings. The third-order valence-electron chi connectivity index (χ3n) is 2.80. The lowest BCUT2D eigenvalue weighted by molar-refractivity contribution is 0.102. The van der Waals surface area contributed by atoms with E-state index in [1.165, 1.54) is 0 Å². The van der Waals surface area contributed by atoms with Crippen LogP contribution in [0.4, 0.5) is 0 Å². The van der Waals surface area contributed by atoms with Crippen LogP contribution in [0.25, 0.3) is 0 Å². The largest absolute Gasteiger partial charge is 0.293 e. The zero-order chi connectivity index (χ0) is 13.8. The van der Waals surface area contributed by atoms with E-state index >= 15 is 0 Å². The van der Waals surface area contributed by atoms with Crippen molar-refractivity contribution in [2.45, 2.75) is 27.2 Å². The van der Waals surface area contributed by atoms with Gasteiger partial charge in [0.25, 0.3) is 0 Å². The summed E-state index contributed by atoms with van der Waals surface area (Å²) in [5, 5.41) is 0. The van der Waals surface area contributed by atoms with Gasteiger partial charge in [-0.1, -0.05) is 38.1 Å². The highest BCUT2D eigenvalue weighted by atomic mass is 32.2. The molecule has 0 radical (unpaired) electrons. The first kappa shape index (κ1) is 14.9. The van der Waals surface area contributed by atoms with Crippen molar-refractivity contribution < 1.29 is 13.2 Å². The lowest BCUT2D eigenvalue weighted by Crippen LogP contribution is -2.20. The Kier molecular flexibility index (Phi) is 5.08. The van der Waals surface area contributed by atoms with Gasteiger partial charge in [-0.05, 0) is 24.8 Å². The molecule has 18 heavy (non-hydrogen) atoms. The maximum absolute atomic E-state index is 11.9. The number of hydrogen-bond donors (Lipinski definition) is 0. The van der Waals surface area contributed by atoms with Gasteiger partial charge in [0.1, 0.15) is 5.75 Å². The molecule has 0 saturated carbocycles. The van der Waals surface area contributed by atoms with Crippen molar-refractivity contribution in [1.29, 1.82) is 0 Å². The van der Waals surface area contributed by atoms with Crippen molar-refractivity contribution in [2.24, 2.45) is 5.92 Å². The van der Waals surface area contributed by atoms with Crippen LogP contribution in [-0.4, -0.2) is 25.7 Å². The molecule has 0 atom stereocenters. The monoisotopic (exact) mass is 268 g/mol. The van der Waals surface area contributed by atoms with Crippen molar-refractivity contribution in [3.05, 3.63) is 35.4 Å². The van der Waals surface area contributed by atoms with Crippen LogP contribution in [0.3, 0.4) is 0 Å². The van der Waals surface area contributed by atoms with Crippen molar-refractivity contribution >= 4 is 15.6 Å². The maximum Gasteiger partial charge on any atom is 0.178 e. The topological polar surface area (TPSA) is 51.2 Å². The molecule has 0 N–H and O–H groups in total. The number of carbonyl (C=O) groups is 1. The summed E-state index contributed by atoms with van der Waals surface area (Å²) in [6, 6.07) is 7.07. The molecule has 0 aliphatic heterocycles. The van der Waals surface area contributed by atoms with E-state index in [0.29, 0.717) is 17.9 Å². The molecule has 4 heteroatoms. The Balaban J connectivity index is 2.73. The molecular weight excluding hydrogens is 248 g/mol. The highest BCUT2D eigenvalue weighted by Gasteiger charge is 2.19. The molecule has 1 rings (SSSR count). The second-order valence-electron chi connectivity index (χ2n) is 5.01. The third-order valence-corrected chi connectivity index (χ3v) is 4.36. The molecule has 0 spiro atoms. The Morgan fingerprint density at radius 2 is 1.83 bits per heavy atom. The van der Waals surface area contributed by atoms with E-state index in [2.05, 4.69) is 0 Å². The van der Waals surface area contributed by atoms with Crippen LogP contribution >= 0.6 is 0 Å². The van der Waals surface area contributed by atoms with E-state index in [0.717, 1.165) is 5.56 Å². The third kappa shape index (κ3) is 4.61. The van der Waals surface area contributed by atoms with Crippen LogP contribution in [0.15, 0.2) is 24.3 Å². The Morgan fingerprint density at radius 1 is 1.22 bits per heavy atom. The van der Waals surface area contributed by atoms with Crippen molar-refractivity contribution in [3.8, 4) is 0 Å². The Bertz CT molecular complexity index is 516. The first-order chi connectivity index (χ1) is 8.32. The Hall–Kier alpha value is -1.16. The number of Topliss-reactive ketones (excluding diaryl/α,β-unsaturated/α-hetero) is 1. The van der Waals surface area contributed by atoms with Crippen molar-refractivity contribution in [2.75, 3.05) is 11.5 Å². The smallest absolute Gasteiger partial charge is 0.178 e. The number of ketones is 1. The van der Waals surface area contributed by atoms with E-state index in [9.17, 15) is 13.2 Å². The van der Waals surface area contributed by atoms with Crippen LogP contribution in [0, 0.1) is 12.8 Å². The summed E-state index contributed by atoms with van der Waals surface area (Å²) in [5.41, 5.74) is 1.33. The molecule has 0 amide bonds. The molecule has 0 bridgehead atoms. The van der Waals surface area contributed by atoms with E-state index in [1.807, 2.05) is 32.9 Å². The average molecular weight is 268 g/mol. The summed E-state index contributed by atoms with van der Waals surface area (Å²) < 4.78 is 23.6. The van der Waals surface area contributed by atoms with Crippen LogP contribution in [-0.2, 0) is 9.84 Å². The summed E-state index contributed by atoms with van der Waals surface area (Å²) in [6.45, 7) is 5.76. The van der Waals surface area contributed by atoms with Gasteiger partial charge < -0.3 is 0 Å². The van der Waals surface area contributed by atoms with Gasteiger partial charge in [-0.25, -0.2) is 8.42 Å². The molecule has 0 fully saturated rings. The quantitative estimate of drug-likeness (QED) is 0.745. The van der Waals surface area contributed by atoms with Crippen LogP contribution in [0.1, 0.15) is 36.2 Å². The standard InChI is InChI=1S/C14H20O3S/c1-11(2)8-9-18(16,17)10-14(15)13-7-5-4-6-12(13)3/h4-7,11H,8-10H2,1-3H3. The summed E-state index contributed by atoms with van der Waals surface area (Å²) in [5.74, 6) is -0.280. The summed E-state index contributed by atoms with van der Waals surface area (Å²) in [4.78, 5) is 11.9. The molecule has 1 aromatic carbocycles. The zero-order valence-electron chi connectivity index (χ0n) is 11.1. The molecule has 100 valence electrons. The van der Waals surface area contributed by atoms with Crippen LogP contribution < -0.4 is 0 Å². The molecule has 0 aliphatic carbocycles. The van der Waals surface area contributed by atoms with Gasteiger partial charge in [0.15, 0.2) is 15.6 Å². The predicted octanol–water partition coefficient (Wildman–Crippen LogP) is 2.64. The number of rotatable bonds is 6. The van der Waals surface area contributed by atoms with Gasteiger partial charge in [-0.15, -0.1) is 0 Å². The van der Waals surface area contributed by atoms with E-state index in [-0.39, 0.29) is 17.3 Å². The second-order valence-corrected chi connectivity index (χ2v) is 7.20. The van der Waals surface area contributed by atoms with Gasteiger partial charge in [0.2, 0.25) is 0 Å². The Morgan fingerprint density at radius 3 is 2.39 bits per heavy atom. The van der Waals surface area contributed by atoms with Gasteiger partial charge >= 0.3 is 0 Å². The van der Waals surface area contributed by atoms with Gasteiger partial charge in [0, 0.05) is 5.56 Å². The van der Waals surface area contributed by atoms with E-state index in [1.54, 1.807) is 12.1 Å². The normalized spacial score (nSPS) is 11.8. The zero-order valence-corrected chi connectivity index (χ0v) is 12.0. The van der Waals surface area contributed by atoms with E-state index < -0.39 is 9.84 Å². The molecular formula is C14H20O3S. The summed E-state index contributed by atoms with van der Waals surface area (Å²) in [6.07, 6.45) is 0.601. The van der Waals surface area contributed by atoms with Crippen molar-refractivity contribution in [3.63, 3.8) is 0 Å². The lowest BCUT2D eigenvalue weighted by Gasteiger charge is -2.07. The molecule has 0 aromatic heterocycles. The van der Waals surface area contributed by atoms with Crippen LogP contribution in [0.2, 0.25) is 0 Å².